The zero-order valence-corrected chi connectivity index (χ0v) is 18.6. The van der Waals surface area contributed by atoms with Crippen LogP contribution < -0.4 is 10.2 Å². The molecule has 0 amide bonds. The van der Waals surface area contributed by atoms with E-state index in [-0.39, 0.29) is 24.1 Å². The first kappa shape index (κ1) is 24.4. The summed E-state index contributed by atoms with van der Waals surface area (Å²) in [4.78, 5) is 14.8. The Bertz CT molecular complexity index is 759. The van der Waals surface area contributed by atoms with Crippen molar-refractivity contribution in [2.45, 2.75) is 64.4 Å². The third-order valence-electron chi connectivity index (χ3n) is 6.08. The number of ether oxygens (including phenoxy) is 1. The molecule has 1 N–H and O–H groups in total. The fraction of sp³-hybridized carbons (Fsp3) is 0.682. The molecule has 10 heteroatoms. The summed E-state index contributed by atoms with van der Waals surface area (Å²) in [5.41, 5.74) is 1.99. The topological polar surface area (TPSA) is 70.1 Å². The number of nitrogens with one attached hydrogen (secondary N) is 1. The summed E-state index contributed by atoms with van der Waals surface area (Å²) in [5, 5.41) is 7.56. The maximum atomic E-state index is 12.7. The van der Waals surface area contributed by atoms with E-state index in [1.54, 1.807) is 0 Å². The van der Waals surface area contributed by atoms with E-state index >= 15 is 0 Å². The van der Waals surface area contributed by atoms with Gasteiger partial charge in [0.2, 0.25) is 5.88 Å². The van der Waals surface area contributed by atoms with Crippen LogP contribution >= 0.6 is 0 Å². The Morgan fingerprint density at radius 3 is 2.59 bits per heavy atom. The minimum Gasteiger partial charge on any atom is -0.470 e. The number of hydrazine groups is 1. The lowest BCUT2D eigenvalue weighted by atomic mass is 9.93. The molecule has 0 aromatic carbocycles. The van der Waals surface area contributed by atoms with Crippen molar-refractivity contribution in [3.05, 3.63) is 41.0 Å². The van der Waals surface area contributed by atoms with Crippen molar-refractivity contribution < 1.29 is 17.9 Å². The first-order valence-electron chi connectivity index (χ1n) is 11.3. The maximum Gasteiger partial charge on any atom is 0.417 e. The second-order valence-electron chi connectivity index (χ2n) is 8.51. The van der Waals surface area contributed by atoms with E-state index in [1.807, 2.05) is 6.08 Å². The maximum absolute atomic E-state index is 12.7. The Balaban J connectivity index is 1.60. The molecular formula is C22H32F3N5O2. The van der Waals surface area contributed by atoms with E-state index in [4.69, 9.17) is 4.74 Å². The van der Waals surface area contributed by atoms with Crippen molar-refractivity contribution in [1.82, 2.24) is 20.4 Å². The molecule has 0 saturated carbocycles. The summed E-state index contributed by atoms with van der Waals surface area (Å²) < 4.78 is 43.8. The van der Waals surface area contributed by atoms with Crippen LogP contribution in [0.4, 0.5) is 13.2 Å². The van der Waals surface area contributed by atoms with Crippen molar-refractivity contribution in [2.24, 2.45) is 17.1 Å². The van der Waals surface area contributed by atoms with Gasteiger partial charge in [0.1, 0.15) is 12.3 Å². The minimum atomic E-state index is -4.41. The van der Waals surface area contributed by atoms with Crippen molar-refractivity contribution in [1.29, 1.82) is 0 Å². The quantitative estimate of drug-likeness (QED) is 0.311. The van der Waals surface area contributed by atoms with Crippen LogP contribution in [0.25, 0.3) is 0 Å². The van der Waals surface area contributed by atoms with E-state index < -0.39 is 11.7 Å². The molecular weight excluding hydrogens is 423 g/mol. The number of pyridine rings is 1. The Kier molecular flexibility index (Phi) is 8.47. The highest BCUT2D eigenvalue weighted by Crippen LogP contribution is 2.31. The van der Waals surface area contributed by atoms with E-state index in [0.29, 0.717) is 5.92 Å². The second-order valence-corrected chi connectivity index (χ2v) is 8.51. The van der Waals surface area contributed by atoms with Crippen LogP contribution in [0.1, 0.15) is 51.5 Å². The molecule has 1 fully saturated rings. The van der Waals surface area contributed by atoms with Gasteiger partial charge in [-0.05, 0) is 43.7 Å². The Morgan fingerprint density at radius 2 is 2.03 bits per heavy atom. The van der Waals surface area contributed by atoms with Gasteiger partial charge in [-0.25, -0.2) is 15.0 Å². The van der Waals surface area contributed by atoms with Gasteiger partial charge >= 0.3 is 6.18 Å². The van der Waals surface area contributed by atoms with Crippen molar-refractivity contribution >= 4 is 0 Å². The number of aromatic nitrogens is 1. The molecule has 0 spiro atoms. The average Bonchev–Trinajstić information content (AvgIpc) is 3.06. The van der Waals surface area contributed by atoms with Crippen LogP contribution in [-0.2, 0) is 6.18 Å². The monoisotopic (exact) mass is 455 g/mol. The van der Waals surface area contributed by atoms with E-state index in [2.05, 4.69) is 45.6 Å². The van der Waals surface area contributed by atoms with Crippen molar-refractivity contribution in [3.8, 4) is 5.88 Å². The molecule has 4 atom stereocenters. The second kappa shape index (κ2) is 11.1. The Hall–Kier alpha value is -2.20. The molecule has 1 aliphatic heterocycles. The van der Waals surface area contributed by atoms with Gasteiger partial charge in [-0.15, -0.1) is 4.91 Å². The van der Waals surface area contributed by atoms with E-state index in [9.17, 15) is 18.1 Å². The minimum absolute atomic E-state index is 0.0993. The SMILES string of the molecule is CCCC1CN(CCC)N(CC2C=CC(Oc3ccc(C(F)(F)F)cn3)CC2)C1NN=O. The van der Waals surface area contributed by atoms with Crippen LogP contribution in [0.15, 0.2) is 35.8 Å². The molecule has 2 aliphatic rings. The first-order chi connectivity index (χ1) is 15.4. The average molecular weight is 456 g/mol. The predicted octanol–water partition coefficient (Wildman–Crippen LogP) is 4.77. The smallest absolute Gasteiger partial charge is 0.417 e. The molecule has 178 valence electrons. The number of hydrogen-bond acceptors (Lipinski definition) is 6. The first-order valence-corrected chi connectivity index (χ1v) is 11.3. The molecule has 1 saturated heterocycles. The van der Waals surface area contributed by atoms with Gasteiger partial charge in [0.15, 0.2) is 0 Å². The number of halogens is 3. The van der Waals surface area contributed by atoms with E-state index in [0.717, 1.165) is 64.0 Å². The molecule has 1 aromatic rings. The van der Waals surface area contributed by atoms with Gasteiger partial charge in [-0.1, -0.05) is 26.3 Å². The molecule has 1 aromatic heterocycles. The molecule has 2 heterocycles. The van der Waals surface area contributed by atoms with Gasteiger partial charge in [-0.3, -0.25) is 5.43 Å². The van der Waals surface area contributed by atoms with Crippen molar-refractivity contribution in [2.75, 3.05) is 19.6 Å². The molecule has 0 bridgehead atoms. The Morgan fingerprint density at radius 1 is 1.22 bits per heavy atom. The number of rotatable bonds is 10. The van der Waals surface area contributed by atoms with Crippen LogP contribution in [0, 0.1) is 16.7 Å². The zero-order valence-electron chi connectivity index (χ0n) is 18.6. The van der Waals surface area contributed by atoms with Gasteiger partial charge in [-0.2, -0.15) is 13.2 Å². The molecule has 0 radical (unpaired) electrons. The highest BCUT2D eigenvalue weighted by Gasteiger charge is 2.40. The summed E-state index contributed by atoms with van der Waals surface area (Å²) in [7, 11) is 0. The fourth-order valence-corrected chi connectivity index (χ4v) is 4.56. The number of nitroso groups, excluding NO2 is 1. The van der Waals surface area contributed by atoms with Crippen LogP contribution in [-0.4, -0.2) is 46.9 Å². The highest BCUT2D eigenvalue weighted by atomic mass is 19.4. The number of nitrogens with zero attached hydrogens (tertiary/aromatic N) is 4. The lowest BCUT2D eigenvalue weighted by molar-refractivity contribution is -0.137. The van der Waals surface area contributed by atoms with Crippen LogP contribution in [0.3, 0.4) is 0 Å². The van der Waals surface area contributed by atoms with Gasteiger partial charge in [0.25, 0.3) is 0 Å². The van der Waals surface area contributed by atoms with E-state index in [1.165, 1.54) is 6.07 Å². The summed E-state index contributed by atoms with van der Waals surface area (Å²) in [6, 6.07) is 2.24. The fourth-order valence-electron chi connectivity index (χ4n) is 4.56. The largest absolute Gasteiger partial charge is 0.470 e. The lowest BCUT2D eigenvalue weighted by Gasteiger charge is -2.35. The van der Waals surface area contributed by atoms with Gasteiger partial charge in [0, 0.05) is 37.8 Å². The molecule has 7 nitrogen and oxygen atoms in total. The number of alkyl halides is 3. The van der Waals surface area contributed by atoms with Crippen molar-refractivity contribution in [3.63, 3.8) is 0 Å². The summed E-state index contributed by atoms with van der Waals surface area (Å²) in [6.07, 6.45) is 4.83. The summed E-state index contributed by atoms with van der Waals surface area (Å²) >= 11 is 0. The molecule has 32 heavy (non-hydrogen) atoms. The third-order valence-corrected chi connectivity index (χ3v) is 6.08. The lowest BCUT2D eigenvalue weighted by Crippen LogP contribution is -2.49. The third kappa shape index (κ3) is 6.19. The normalized spacial score (nSPS) is 26.9. The zero-order chi connectivity index (χ0) is 23.1. The highest BCUT2D eigenvalue weighted by molar-refractivity contribution is 5.21. The molecule has 4 unspecified atom stereocenters. The molecule has 1 aliphatic carbocycles. The number of hydrogen-bond donors (Lipinski definition) is 1. The van der Waals surface area contributed by atoms with Gasteiger partial charge in [0.05, 0.1) is 10.8 Å². The van der Waals surface area contributed by atoms with Crippen LogP contribution in [0.5, 0.6) is 5.88 Å². The predicted molar refractivity (Wildman–Crippen MR) is 115 cm³/mol. The van der Waals surface area contributed by atoms with Crippen LogP contribution in [0.2, 0.25) is 0 Å². The standard InChI is InChI=1S/C22H32F3N5O2/c1-3-5-17-15-29(12-4-2)30(21(17)27-28-31)14-16-6-9-19(10-7-16)32-20-11-8-18(13-26-20)22(23,24)25/h6,8-9,11,13,16-17,19,21H,3-5,7,10,12,14-15H2,1-2H3,(H,27,31). The Labute approximate surface area is 186 Å². The van der Waals surface area contributed by atoms with Gasteiger partial charge < -0.3 is 4.74 Å². The summed E-state index contributed by atoms with van der Waals surface area (Å²) in [6.45, 7) is 6.90. The summed E-state index contributed by atoms with van der Waals surface area (Å²) in [5.74, 6) is 0.813. The molecule has 3 rings (SSSR count).